The monoisotopic (exact) mass is 751 g/mol. The summed E-state index contributed by atoms with van der Waals surface area (Å²) >= 11 is 0. The van der Waals surface area contributed by atoms with E-state index in [2.05, 4.69) is 120 Å². The third-order valence-corrected chi connectivity index (χ3v) is 6.75. The molecule has 3 nitrogen and oxygen atoms in total. The van der Waals surface area contributed by atoms with Crippen molar-refractivity contribution in [1.82, 2.24) is 0 Å². The number of hydrogen-bond donors (Lipinski definition) is 0. The molecule has 0 spiro atoms. The van der Waals surface area contributed by atoms with Gasteiger partial charge in [0.1, 0.15) is 0 Å². The summed E-state index contributed by atoms with van der Waals surface area (Å²) in [7, 11) is 0. The molecule has 0 fully saturated rings. The Morgan fingerprint density at radius 1 is 0.780 bits per heavy atom. The minimum Gasteiger partial charge on any atom is -0.338 e. The molecule has 0 radical (unpaired) electrons. The Labute approximate surface area is 265 Å². The number of hydrogen-bond acceptors (Lipinski definition) is 3. The first kappa shape index (κ1) is 29.6. The Balaban J connectivity index is 0.00000387. The molecule has 5 aromatic rings. The van der Waals surface area contributed by atoms with Gasteiger partial charge in [-0.15, -0.1) is 5.57 Å². The Morgan fingerprint density at radius 3 is 2.17 bits per heavy atom. The molecule has 0 aliphatic heterocycles. The van der Waals surface area contributed by atoms with Crippen molar-refractivity contribution in [2.24, 2.45) is 0 Å². The Bertz CT molecular complexity index is 1810. The van der Waals surface area contributed by atoms with E-state index in [1.165, 1.54) is 21.5 Å². The van der Waals surface area contributed by atoms with Crippen LogP contribution in [0.4, 0.5) is 17.1 Å². The van der Waals surface area contributed by atoms with Gasteiger partial charge in [-0.1, -0.05) is 84.4 Å². The van der Waals surface area contributed by atoms with Gasteiger partial charge < -0.3 is 11.3 Å². The van der Waals surface area contributed by atoms with Gasteiger partial charge in [0, 0.05) is 16.8 Å². The van der Waals surface area contributed by atoms with Crippen LogP contribution in [0.1, 0.15) is 18.9 Å². The summed E-state index contributed by atoms with van der Waals surface area (Å²) in [5.41, 5.74) is 5.06. The third kappa shape index (κ3) is 6.88. The normalized spacial score (nSPS) is 10.8. The van der Waals surface area contributed by atoms with Gasteiger partial charge in [0.05, 0.1) is 23.4 Å². The van der Waals surface area contributed by atoms with E-state index in [0.29, 0.717) is 12.0 Å². The second-order valence-electron chi connectivity index (χ2n) is 9.34. The second kappa shape index (κ2) is 14.3. The molecule has 41 heavy (non-hydrogen) atoms. The summed E-state index contributed by atoms with van der Waals surface area (Å²) in [6.07, 6.45) is 11.0. The van der Waals surface area contributed by atoms with Crippen LogP contribution in [0.5, 0.6) is 0 Å². The van der Waals surface area contributed by atoms with Gasteiger partial charge in [0.25, 0.3) is 0 Å². The fraction of sp³-hybridized carbons (Fsp3) is 0.0541. The van der Waals surface area contributed by atoms with Crippen molar-refractivity contribution in [3.63, 3.8) is 0 Å². The zero-order chi connectivity index (χ0) is 27.7. The number of nitriles is 2. The van der Waals surface area contributed by atoms with Gasteiger partial charge in [-0.3, -0.25) is 0 Å². The number of fused-ring (bicyclic) bond motifs is 2. The fourth-order valence-corrected chi connectivity index (χ4v) is 4.80. The van der Waals surface area contributed by atoms with E-state index in [4.69, 9.17) is 0 Å². The maximum Gasteiger partial charge on any atom is 2.00 e. The van der Waals surface area contributed by atoms with Crippen LogP contribution in [0.15, 0.2) is 132 Å². The number of allylic oxidation sites excluding steroid dienone is 5. The molecule has 0 aromatic heterocycles. The minimum absolute atomic E-state index is 0. The van der Waals surface area contributed by atoms with Gasteiger partial charge in [0.15, 0.2) is 0 Å². The Morgan fingerprint density at radius 2 is 1.44 bits per heavy atom. The topological polar surface area (TPSA) is 50.8 Å². The van der Waals surface area contributed by atoms with Gasteiger partial charge >= 0.3 is 31.1 Å². The molecule has 0 saturated carbocycles. The second-order valence-corrected chi connectivity index (χ2v) is 9.34. The first-order valence-electron chi connectivity index (χ1n) is 13.2. The molecule has 0 atom stereocenters. The number of benzene rings is 5. The van der Waals surface area contributed by atoms with Crippen molar-refractivity contribution < 1.29 is 31.1 Å². The largest absolute Gasteiger partial charge is 2.00 e. The van der Waals surface area contributed by atoms with Crippen molar-refractivity contribution in [3.8, 4) is 12.1 Å². The van der Waals surface area contributed by atoms with E-state index in [1.807, 2.05) is 37.6 Å². The van der Waals surface area contributed by atoms with Crippen molar-refractivity contribution in [3.05, 3.63) is 151 Å². The average molecular weight is 752 g/mol. The van der Waals surface area contributed by atoms with E-state index in [0.717, 1.165) is 22.6 Å². The maximum absolute atomic E-state index is 9.19. The average Bonchev–Trinajstić information content (AvgIpc) is 3.01. The van der Waals surface area contributed by atoms with Gasteiger partial charge in [-0.2, -0.15) is 48.2 Å². The van der Waals surface area contributed by atoms with Crippen LogP contribution in [0, 0.1) is 66.3 Å². The molecular formula is C37H27N3U. The van der Waals surface area contributed by atoms with Crippen molar-refractivity contribution in [1.29, 1.82) is 10.5 Å². The first-order valence-corrected chi connectivity index (χ1v) is 13.2. The first-order chi connectivity index (χ1) is 19.7. The van der Waals surface area contributed by atoms with Crippen LogP contribution in [0.3, 0.4) is 0 Å². The van der Waals surface area contributed by atoms with E-state index in [1.54, 1.807) is 6.08 Å². The van der Waals surface area contributed by atoms with Gasteiger partial charge in [-0.25, -0.2) is 0 Å². The SMILES string of the molecule is C[CH-]CC(C=[C-]/C=C/c1ccc(N(c2ccc3ccccc3c2)c2cccc3ccccc23)cc1)=C(C#N)C#N.[U+2]. The summed E-state index contributed by atoms with van der Waals surface area (Å²) in [4.78, 5) is 2.30. The summed E-state index contributed by atoms with van der Waals surface area (Å²) in [6.45, 7) is 1.90. The summed E-state index contributed by atoms with van der Waals surface area (Å²) in [6, 6.07) is 42.2. The molecule has 5 rings (SSSR count). The molecule has 0 unspecified atom stereocenters. The molecule has 0 heterocycles. The van der Waals surface area contributed by atoms with Crippen LogP contribution < -0.4 is 4.90 Å². The molecule has 5 aromatic carbocycles. The molecular weight excluding hydrogens is 724 g/mol. The van der Waals surface area contributed by atoms with Crippen molar-refractivity contribution >= 4 is 44.7 Å². The molecule has 0 saturated heterocycles. The minimum atomic E-state index is 0. The smallest absolute Gasteiger partial charge is 0.338 e. The zero-order valence-electron chi connectivity index (χ0n) is 22.8. The Hall–Kier alpha value is -4.33. The fourth-order valence-electron chi connectivity index (χ4n) is 4.80. The molecule has 0 bridgehead atoms. The quantitative estimate of drug-likeness (QED) is 0.0902. The Kier molecular flexibility index (Phi) is 10.4. The standard InChI is InChI=1S/C37H27N3.U/c1-2-10-29(33(26-38)27-39)12-4-3-11-28-19-22-34(23-20-28)40(35-24-21-30-13-5-6-15-32(30)25-35)37-18-9-16-31-14-7-8-17-36(31)37;/h2-3,5-9,11-25H,10H2,1H3;/q-2;+2/b11-3+;. The van der Waals surface area contributed by atoms with Crippen LogP contribution in [-0.4, -0.2) is 0 Å². The third-order valence-electron chi connectivity index (χ3n) is 6.75. The molecule has 194 valence electrons. The number of rotatable bonds is 8. The van der Waals surface area contributed by atoms with Crippen LogP contribution in [0.2, 0.25) is 0 Å². The maximum atomic E-state index is 9.19. The molecule has 0 N–H and O–H groups in total. The molecule has 0 amide bonds. The van der Waals surface area contributed by atoms with E-state index < -0.39 is 0 Å². The molecule has 0 aliphatic carbocycles. The number of nitrogens with zero attached hydrogens (tertiary/aromatic N) is 3. The summed E-state index contributed by atoms with van der Waals surface area (Å²) < 4.78 is 0. The summed E-state index contributed by atoms with van der Waals surface area (Å²) in [5, 5.41) is 23.2. The van der Waals surface area contributed by atoms with Crippen LogP contribution in [-0.2, 0) is 0 Å². The van der Waals surface area contributed by atoms with Crippen LogP contribution in [0.25, 0.3) is 27.6 Å². The van der Waals surface area contributed by atoms with Gasteiger partial charge in [-0.05, 0) is 46.5 Å². The van der Waals surface area contributed by atoms with E-state index in [9.17, 15) is 10.5 Å². The van der Waals surface area contributed by atoms with Crippen molar-refractivity contribution in [2.75, 3.05) is 4.90 Å². The predicted molar refractivity (Wildman–Crippen MR) is 166 cm³/mol. The summed E-state index contributed by atoms with van der Waals surface area (Å²) in [5.74, 6) is 0. The zero-order valence-corrected chi connectivity index (χ0v) is 26.9. The van der Waals surface area contributed by atoms with Crippen LogP contribution >= 0.6 is 0 Å². The predicted octanol–water partition coefficient (Wildman–Crippen LogP) is 9.79. The number of anilines is 3. The van der Waals surface area contributed by atoms with Crippen molar-refractivity contribution in [2.45, 2.75) is 13.3 Å². The van der Waals surface area contributed by atoms with E-state index >= 15 is 0 Å². The molecule has 0 aliphatic rings. The molecule has 4 heteroatoms. The van der Waals surface area contributed by atoms with E-state index in [-0.39, 0.29) is 36.7 Å². The van der Waals surface area contributed by atoms with Gasteiger partial charge in [0.2, 0.25) is 0 Å².